The Morgan fingerprint density at radius 1 is 1.05 bits per heavy atom. The van der Waals surface area contributed by atoms with Crippen molar-refractivity contribution < 1.29 is 62.0 Å². The fourth-order valence-corrected chi connectivity index (χ4v) is 1.69. The van der Waals surface area contributed by atoms with E-state index in [1.165, 1.54) is 0 Å². The van der Waals surface area contributed by atoms with E-state index in [1.807, 2.05) is 0 Å². The molecule has 0 saturated carbocycles. The zero-order chi connectivity index (χ0) is 16.2. The predicted molar refractivity (Wildman–Crippen MR) is 72.5 cm³/mol. The summed E-state index contributed by atoms with van der Waals surface area (Å²) in [6, 6.07) is 0. The van der Waals surface area contributed by atoms with Gasteiger partial charge in [-0.2, -0.15) is 0 Å². The standard InChI is InChI=1S/C8H17O3S.C4H6O4.Na/c1-4-5-6-7-8(2,3)11-12(9)10;5-3(6)1-2-4(7)8;/h4-7H2,1-3H3;1-2H2,(H,5,6)(H,7,8);/q-1;;+1. The van der Waals surface area contributed by atoms with Crippen molar-refractivity contribution in [1.29, 1.82) is 0 Å². The van der Waals surface area contributed by atoms with Gasteiger partial charge in [0.1, 0.15) is 0 Å². The first kappa shape index (κ1) is 25.8. The average Bonchev–Trinajstić information content (AvgIpc) is 2.25. The molecule has 21 heavy (non-hydrogen) atoms. The minimum atomic E-state index is -2.39. The molecule has 0 aliphatic heterocycles. The van der Waals surface area contributed by atoms with E-state index >= 15 is 0 Å². The predicted octanol–water partition coefficient (Wildman–Crippen LogP) is -0.474. The van der Waals surface area contributed by atoms with Crippen LogP contribution in [0.15, 0.2) is 0 Å². The summed E-state index contributed by atoms with van der Waals surface area (Å²) in [5.41, 5.74) is -0.540. The average molecular weight is 334 g/mol. The first-order chi connectivity index (χ1) is 9.10. The van der Waals surface area contributed by atoms with Crippen molar-refractivity contribution in [2.24, 2.45) is 0 Å². The van der Waals surface area contributed by atoms with Crippen LogP contribution in [0.1, 0.15) is 59.3 Å². The molecule has 120 valence electrons. The number of hydrogen-bond donors (Lipinski definition) is 2. The van der Waals surface area contributed by atoms with Gasteiger partial charge in [-0.25, -0.2) is 0 Å². The van der Waals surface area contributed by atoms with Crippen molar-refractivity contribution in [3.8, 4) is 0 Å². The van der Waals surface area contributed by atoms with Crippen molar-refractivity contribution in [2.75, 3.05) is 0 Å². The Morgan fingerprint density at radius 3 is 1.76 bits per heavy atom. The maximum atomic E-state index is 10.2. The van der Waals surface area contributed by atoms with Crippen LogP contribution in [-0.2, 0) is 33.2 Å². The third kappa shape index (κ3) is 25.2. The molecule has 0 amide bonds. The van der Waals surface area contributed by atoms with Gasteiger partial charge >= 0.3 is 41.5 Å². The van der Waals surface area contributed by atoms with Crippen LogP contribution in [0.3, 0.4) is 0 Å². The number of carboxylic acid groups (broad SMARTS) is 2. The van der Waals surface area contributed by atoms with Gasteiger partial charge in [-0.05, 0) is 20.3 Å². The largest absolute Gasteiger partial charge is 1.00 e. The number of unbranched alkanes of at least 4 members (excludes halogenated alkanes) is 2. The van der Waals surface area contributed by atoms with E-state index in [-0.39, 0.29) is 42.4 Å². The molecule has 0 radical (unpaired) electrons. The van der Waals surface area contributed by atoms with Crippen LogP contribution in [0, 0.1) is 0 Å². The van der Waals surface area contributed by atoms with Gasteiger partial charge in [0.05, 0.1) is 23.8 Å². The number of rotatable bonds is 9. The van der Waals surface area contributed by atoms with Crippen LogP contribution < -0.4 is 29.6 Å². The molecule has 7 nitrogen and oxygen atoms in total. The van der Waals surface area contributed by atoms with Gasteiger partial charge in [-0.1, -0.05) is 26.2 Å². The second kappa shape index (κ2) is 14.8. The Kier molecular flexibility index (Phi) is 18.1. The Balaban J connectivity index is -0.000000317. The van der Waals surface area contributed by atoms with E-state index in [0.717, 1.165) is 25.7 Å². The molecule has 0 rings (SSSR count). The molecule has 0 heterocycles. The second-order valence-electron chi connectivity index (χ2n) is 4.79. The first-order valence-electron chi connectivity index (χ1n) is 6.33. The fraction of sp³-hybridized carbons (Fsp3) is 0.833. The van der Waals surface area contributed by atoms with Gasteiger partial charge in [0.15, 0.2) is 0 Å². The zero-order valence-electron chi connectivity index (χ0n) is 13.1. The van der Waals surface area contributed by atoms with Crippen molar-refractivity contribution >= 4 is 22.9 Å². The summed E-state index contributed by atoms with van der Waals surface area (Å²) in [4.78, 5) is 19.3. The number of carboxylic acids is 2. The Morgan fingerprint density at radius 2 is 1.48 bits per heavy atom. The Bertz CT molecular complexity index is 345. The van der Waals surface area contributed by atoms with Gasteiger partial charge in [0.25, 0.3) is 0 Å². The van der Waals surface area contributed by atoms with E-state index in [2.05, 4.69) is 6.92 Å². The summed E-state index contributed by atoms with van der Waals surface area (Å²) >= 11 is 0. The van der Waals surface area contributed by atoms with Gasteiger partial charge in [0, 0.05) is 5.60 Å². The molecule has 0 aromatic heterocycles. The van der Waals surface area contributed by atoms with Crippen LogP contribution in [0.4, 0.5) is 0 Å². The number of carbonyl (C=O) groups is 2. The van der Waals surface area contributed by atoms with E-state index in [0.29, 0.717) is 0 Å². The molecular weight excluding hydrogens is 311 g/mol. The molecule has 2 N–H and O–H groups in total. The van der Waals surface area contributed by atoms with E-state index in [4.69, 9.17) is 14.4 Å². The smallest absolute Gasteiger partial charge is 0.481 e. The molecule has 0 bridgehead atoms. The molecule has 0 fully saturated rings. The SMILES string of the molecule is CCCCCC(C)(C)O[S-](=O)=O.O=C(O)CCC(=O)O.[Na+]. The minimum absolute atomic E-state index is 0. The summed E-state index contributed by atoms with van der Waals surface area (Å²) < 4.78 is 25.2. The third-order valence-corrected chi connectivity index (χ3v) is 2.82. The molecule has 0 unspecified atom stereocenters. The topological polar surface area (TPSA) is 118 Å². The second-order valence-corrected chi connectivity index (χ2v) is 5.37. The molecule has 0 atom stereocenters. The number of hydrogen-bond acceptors (Lipinski definition) is 6. The van der Waals surface area contributed by atoms with E-state index in [1.54, 1.807) is 13.8 Å². The first-order valence-corrected chi connectivity index (χ1v) is 7.33. The Hall–Kier alpha value is -0.150. The monoisotopic (exact) mass is 334 g/mol. The summed E-state index contributed by atoms with van der Waals surface area (Å²) in [5.74, 6) is -2.15. The van der Waals surface area contributed by atoms with Crippen molar-refractivity contribution in [2.45, 2.75) is 64.9 Å². The van der Waals surface area contributed by atoms with Crippen LogP contribution in [0.2, 0.25) is 0 Å². The molecule has 0 saturated heterocycles. The molecule has 0 aliphatic carbocycles. The molecule has 0 spiro atoms. The quantitative estimate of drug-likeness (QED) is 0.332. The molecule has 0 aromatic carbocycles. The summed E-state index contributed by atoms with van der Waals surface area (Å²) in [6.45, 7) is 5.69. The van der Waals surface area contributed by atoms with Gasteiger partial charge < -0.3 is 22.8 Å². The maximum absolute atomic E-state index is 10.2. The minimum Gasteiger partial charge on any atom is -0.481 e. The van der Waals surface area contributed by atoms with Crippen LogP contribution in [0.5, 0.6) is 0 Å². The third-order valence-electron chi connectivity index (χ3n) is 2.23. The molecule has 0 aromatic rings. The number of aliphatic carboxylic acids is 2. The normalized spacial score (nSPS) is 10.3. The van der Waals surface area contributed by atoms with Crippen LogP contribution in [-0.4, -0.2) is 27.8 Å². The fourth-order valence-electron chi connectivity index (χ4n) is 1.24. The molecule has 0 aliphatic rings. The summed E-state index contributed by atoms with van der Waals surface area (Å²) in [5, 5.41) is 15.8. The van der Waals surface area contributed by atoms with E-state index in [9.17, 15) is 18.0 Å². The van der Waals surface area contributed by atoms with Gasteiger partial charge in [-0.3, -0.25) is 9.59 Å². The van der Waals surface area contributed by atoms with Gasteiger partial charge in [-0.15, -0.1) is 0 Å². The zero-order valence-corrected chi connectivity index (χ0v) is 15.9. The van der Waals surface area contributed by atoms with Crippen molar-refractivity contribution in [3.63, 3.8) is 0 Å². The summed E-state index contributed by atoms with van der Waals surface area (Å²) in [7, 11) is -2.39. The van der Waals surface area contributed by atoms with E-state index < -0.39 is 28.5 Å². The van der Waals surface area contributed by atoms with Crippen LogP contribution in [0.25, 0.3) is 0 Å². The van der Waals surface area contributed by atoms with Crippen molar-refractivity contribution in [3.05, 3.63) is 0 Å². The van der Waals surface area contributed by atoms with Crippen LogP contribution >= 0.6 is 0 Å². The molecular formula is C12H23NaO7S. The maximum Gasteiger partial charge on any atom is 1.00 e. The Labute approximate surface area is 149 Å². The van der Waals surface area contributed by atoms with Crippen molar-refractivity contribution in [1.82, 2.24) is 0 Å². The van der Waals surface area contributed by atoms with Gasteiger partial charge in [0.2, 0.25) is 0 Å². The molecule has 9 heteroatoms. The summed E-state index contributed by atoms with van der Waals surface area (Å²) in [6.07, 6.45) is 3.47.